The van der Waals surface area contributed by atoms with Gasteiger partial charge >= 0.3 is 0 Å². The van der Waals surface area contributed by atoms with Crippen molar-refractivity contribution in [2.45, 2.75) is 20.3 Å². The Balaban J connectivity index is 2.03. The second-order valence-electron chi connectivity index (χ2n) is 5.90. The van der Waals surface area contributed by atoms with Crippen molar-refractivity contribution < 1.29 is 14.6 Å². The molecule has 5 heteroatoms. The largest absolute Gasteiger partial charge is 0.394 e. The predicted octanol–water partition coefficient (Wildman–Crippen LogP) is 2.71. The minimum absolute atomic E-state index is 0.0128. The van der Waals surface area contributed by atoms with E-state index in [0.717, 1.165) is 17.8 Å². The van der Waals surface area contributed by atoms with Crippen LogP contribution in [0.1, 0.15) is 30.6 Å². The van der Waals surface area contributed by atoms with E-state index in [2.05, 4.69) is 36.6 Å². The summed E-state index contributed by atoms with van der Waals surface area (Å²) in [6.07, 6.45) is 5.28. The third kappa shape index (κ3) is 4.94. The fourth-order valence-electron chi connectivity index (χ4n) is 2.54. The second kappa shape index (κ2) is 9.25. The summed E-state index contributed by atoms with van der Waals surface area (Å²) < 4.78 is 5.15. The van der Waals surface area contributed by atoms with Crippen LogP contribution in [0.2, 0.25) is 0 Å². The number of benzene rings is 1. The Bertz CT molecular complexity index is 623. The average Bonchev–Trinajstić information content (AvgIpc) is 2.59. The van der Waals surface area contributed by atoms with E-state index in [1.54, 1.807) is 6.07 Å². The Kier molecular flexibility index (Phi) is 7.03. The molecule has 1 amide bonds. The van der Waals surface area contributed by atoms with Crippen molar-refractivity contribution in [1.29, 1.82) is 0 Å². The van der Waals surface area contributed by atoms with E-state index in [9.17, 15) is 4.79 Å². The first-order valence-corrected chi connectivity index (χ1v) is 8.33. The number of carbonyl (C=O) groups is 1. The normalized spacial score (nSPS) is 17.0. The van der Waals surface area contributed by atoms with Crippen LogP contribution in [0.5, 0.6) is 0 Å². The molecule has 3 N–H and O–H groups in total. The molecule has 1 unspecified atom stereocenters. The van der Waals surface area contributed by atoms with Crippen LogP contribution in [0.4, 0.5) is 5.69 Å². The van der Waals surface area contributed by atoms with Gasteiger partial charge < -0.3 is 20.5 Å². The summed E-state index contributed by atoms with van der Waals surface area (Å²) in [6.45, 7) is 5.38. The van der Waals surface area contributed by atoms with Crippen LogP contribution < -0.4 is 10.6 Å². The molecule has 0 aromatic heterocycles. The third-order valence-corrected chi connectivity index (χ3v) is 4.15. The predicted molar refractivity (Wildman–Crippen MR) is 95.9 cm³/mol. The van der Waals surface area contributed by atoms with Crippen LogP contribution in [-0.2, 0) is 4.74 Å². The lowest BCUT2D eigenvalue weighted by atomic mass is 9.92. The number of anilines is 1. The molecular weight excluding hydrogens is 304 g/mol. The number of para-hydroxylation sites is 1. The Labute approximate surface area is 143 Å². The summed E-state index contributed by atoms with van der Waals surface area (Å²) >= 11 is 0. The van der Waals surface area contributed by atoms with Crippen molar-refractivity contribution in [3.63, 3.8) is 0 Å². The van der Waals surface area contributed by atoms with E-state index < -0.39 is 0 Å². The van der Waals surface area contributed by atoms with Crippen molar-refractivity contribution in [1.82, 2.24) is 5.32 Å². The van der Waals surface area contributed by atoms with E-state index in [4.69, 9.17) is 9.84 Å². The number of allylic oxidation sites excluding steroid dienone is 3. The molecule has 0 spiro atoms. The van der Waals surface area contributed by atoms with Crippen molar-refractivity contribution >= 4 is 11.6 Å². The Hall–Kier alpha value is -2.11. The molecule has 1 aliphatic rings. The van der Waals surface area contributed by atoms with Crippen LogP contribution >= 0.6 is 0 Å². The highest BCUT2D eigenvalue weighted by Gasteiger charge is 2.15. The van der Waals surface area contributed by atoms with Gasteiger partial charge in [0.2, 0.25) is 0 Å². The van der Waals surface area contributed by atoms with E-state index in [0.29, 0.717) is 24.6 Å². The molecule has 2 rings (SSSR count). The first-order chi connectivity index (χ1) is 11.6. The molecule has 5 nitrogen and oxygen atoms in total. The topological polar surface area (TPSA) is 70.6 Å². The Morgan fingerprint density at radius 3 is 2.92 bits per heavy atom. The van der Waals surface area contributed by atoms with Gasteiger partial charge in [0.05, 0.1) is 31.1 Å². The number of aliphatic hydroxyl groups excluding tert-OH is 1. The van der Waals surface area contributed by atoms with Gasteiger partial charge in [0.25, 0.3) is 5.91 Å². The van der Waals surface area contributed by atoms with Crippen molar-refractivity contribution in [2.75, 3.05) is 31.7 Å². The molecule has 0 fully saturated rings. The number of nitrogens with one attached hydrogen (secondary N) is 2. The first kappa shape index (κ1) is 18.2. The van der Waals surface area contributed by atoms with Gasteiger partial charge in [-0.05, 0) is 43.0 Å². The van der Waals surface area contributed by atoms with Crippen LogP contribution in [0.25, 0.3) is 0 Å². The van der Waals surface area contributed by atoms with Gasteiger partial charge in [0.1, 0.15) is 0 Å². The molecule has 0 bridgehead atoms. The molecule has 0 radical (unpaired) electrons. The minimum atomic E-state index is -0.142. The summed E-state index contributed by atoms with van der Waals surface area (Å²) in [4.78, 5) is 12.4. The number of aliphatic hydroxyl groups is 1. The zero-order valence-corrected chi connectivity index (χ0v) is 14.3. The Morgan fingerprint density at radius 2 is 2.12 bits per heavy atom. The first-order valence-electron chi connectivity index (χ1n) is 8.33. The van der Waals surface area contributed by atoms with Crippen LogP contribution in [-0.4, -0.2) is 37.4 Å². The quantitative estimate of drug-likeness (QED) is 0.641. The van der Waals surface area contributed by atoms with Gasteiger partial charge in [0, 0.05) is 12.2 Å². The van der Waals surface area contributed by atoms with E-state index in [1.807, 2.05) is 18.2 Å². The molecule has 1 aliphatic carbocycles. The van der Waals surface area contributed by atoms with E-state index in [1.165, 1.54) is 5.57 Å². The number of hydrogen-bond donors (Lipinski definition) is 3. The fraction of sp³-hybridized carbons (Fsp3) is 0.421. The number of rotatable bonds is 8. The summed E-state index contributed by atoms with van der Waals surface area (Å²) in [7, 11) is 0. The fourth-order valence-corrected chi connectivity index (χ4v) is 2.54. The van der Waals surface area contributed by atoms with Crippen LogP contribution in [0, 0.1) is 5.92 Å². The molecule has 1 aromatic rings. The number of ether oxygens (including phenoxy) is 1. The smallest absolute Gasteiger partial charge is 0.253 e. The maximum absolute atomic E-state index is 12.4. The molecule has 24 heavy (non-hydrogen) atoms. The number of hydrogen-bond acceptors (Lipinski definition) is 4. The monoisotopic (exact) mass is 330 g/mol. The van der Waals surface area contributed by atoms with Gasteiger partial charge in [-0.2, -0.15) is 0 Å². The maximum atomic E-state index is 12.4. The van der Waals surface area contributed by atoms with E-state index >= 15 is 0 Å². The van der Waals surface area contributed by atoms with Gasteiger partial charge in [-0.3, -0.25) is 4.79 Å². The van der Waals surface area contributed by atoms with Crippen molar-refractivity contribution in [3.8, 4) is 0 Å². The van der Waals surface area contributed by atoms with Gasteiger partial charge in [-0.25, -0.2) is 0 Å². The summed E-state index contributed by atoms with van der Waals surface area (Å²) in [6, 6.07) is 7.47. The Morgan fingerprint density at radius 1 is 1.33 bits per heavy atom. The lowest BCUT2D eigenvalue weighted by molar-refractivity contribution is 0.0838. The summed E-state index contributed by atoms with van der Waals surface area (Å²) in [5, 5.41) is 14.9. The second-order valence-corrected chi connectivity index (χ2v) is 5.90. The average molecular weight is 330 g/mol. The highest BCUT2D eigenvalue weighted by molar-refractivity contribution is 5.99. The third-order valence-electron chi connectivity index (χ3n) is 4.15. The molecule has 0 aliphatic heterocycles. The van der Waals surface area contributed by atoms with Crippen LogP contribution in [0.3, 0.4) is 0 Å². The molecule has 1 aromatic carbocycles. The molecule has 0 saturated heterocycles. The maximum Gasteiger partial charge on any atom is 0.253 e. The number of carbonyl (C=O) groups excluding carboxylic acids is 1. The molecule has 0 heterocycles. The van der Waals surface area contributed by atoms with E-state index in [-0.39, 0.29) is 19.1 Å². The zero-order valence-electron chi connectivity index (χ0n) is 14.3. The van der Waals surface area contributed by atoms with Gasteiger partial charge in [-0.1, -0.05) is 25.1 Å². The van der Waals surface area contributed by atoms with Crippen LogP contribution in [0.15, 0.2) is 47.7 Å². The minimum Gasteiger partial charge on any atom is -0.394 e. The standard InChI is InChI=1S/C19H26N2O3/c1-14-6-5-9-17(15(14)2)21-18-8-4-3-7-16(18)19(23)20-10-12-24-13-11-22/h3-5,7-9,14,21-22H,6,10-13H2,1-2H3,(H,20,23). The summed E-state index contributed by atoms with van der Waals surface area (Å²) in [5.74, 6) is 0.360. The molecular formula is C19H26N2O3. The van der Waals surface area contributed by atoms with Gasteiger partial charge in [0.15, 0.2) is 0 Å². The van der Waals surface area contributed by atoms with Gasteiger partial charge in [-0.15, -0.1) is 0 Å². The van der Waals surface area contributed by atoms with Crippen molar-refractivity contribution in [2.24, 2.45) is 5.92 Å². The molecule has 1 atom stereocenters. The molecule has 0 saturated carbocycles. The highest BCUT2D eigenvalue weighted by Crippen LogP contribution is 2.26. The SMILES string of the molecule is CC1=C(Nc2ccccc2C(=O)NCCOCCO)C=CCC1C. The van der Waals surface area contributed by atoms with Crippen molar-refractivity contribution in [3.05, 3.63) is 53.3 Å². The number of amides is 1. The lowest BCUT2D eigenvalue weighted by Gasteiger charge is -2.21. The summed E-state index contributed by atoms with van der Waals surface area (Å²) in [5.41, 5.74) is 3.75. The lowest BCUT2D eigenvalue weighted by Crippen LogP contribution is -2.28. The molecule has 130 valence electrons. The highest BCUT2D eigenvalue weighted by atomic mass is 16.5. The zero-order chi connectivity index (χ0) is 17.4.